The van der Waals surface area contributed by atoms with Crippen molar-refractivity contribution in [2.24, 2.45) is 10.7 Å². The molecule has 33 heavy (non-hydrogen) atoms. The van der Waals surface area contributed by atoms with Crippen molar-refractivity contribution in [2.45, 2.75) is 27.1 Å². The summed E-state index contributed by atoms with van der Waals surface area (Å²) in [6.45, 7) is 15.1. The second-order valence-corrected chi connectivity index (χ2v) is 7.57. The van der Waals surface area contributed by atoms with Crippen LogP contribution in [0.1, 0.15) is 20.8 Å². The van der Waals surface area contributed by atoms with E-state index in [4.69, 9.17) is 10.5 Å². The molecule has 7 nitrogen and oxygen atoms in total. The van der Waals surface area contributed by atoms with E-state index >= 15 is 0 Å². The van der Waals surface area contributed by atoms with Gasteiger partial charge in [-0.1, -0.05) is 13.8 Å². The summed E-state index contributed by atoms with van der Waals surface area (Å²) in [6.07, 6.45) is -3.16. The molecular formula is C23H36F3N5O2. The second kappa shape index (κ2) is 13.4. The average molecular weight is 472 g/mol. The van der Waals surface area contributed by atoms with E-state index < -0.39 is 6.36 Å². The van der Waals surface area contributed by atoms with Gasteiger partial charge in [-0.15, -0.1) is 13.2 Å². The summed E-state index contributed by atoms with van der Waals surface area (Å²) in [7, 11) is 0. The van der Waals surface area contributed by atoms with Crippen molar-refractivity contribution in [3.63, 3.8) is 0 Å². The van der Waals surface area contributed by atoms with Crippen LogP contribution in [0.5, 0.6) is 5.75 Å². The predicted octanol–water partition coefficient (Wildman–Crippen LogP) is 3.45. The quantitative estimate of drug-likeness (QED) is 0.615. The lowest BCUT2D eigenvalue weighted by atomic mass is 10.2. The van der Waals surface area contributed by atoms with Crippen LogP contribution in [0.3, 0.4) is 0 Å². The number of allylic oxidation sites excluding steroid dienone is 1. The molecule has 186 valence electrons. The summed E-state index contributed by atoms with van der Waals surface area (Å²) >= 11 is 0. The van der Waals surface area contributed by atoms with Crippen LogP contribution in [0.25, 0.3) is 0 Å². The topological polar surface area (TPSA) is 66.6 Å². The SMILES string of the molecule is CC.CC(=Nc1ccc(OC(F)(F)F)cc1)/C(=C\N)N1CCN(CCN2CCOCC2)CC1. The maximum atomic E-state index is 12.3. The van der Waals surface area contributed by atoms with Gasteiger partial charge >= 0.3 is 6.36 Å². The molecule has 0 aliphatic carbocycles. The maximum absolute atomic E-state index is 12.3. The van der Waals surface area contributed by atoms with E-state index in [9.17, 15) is 13.2 Å². The smallest absolute Gasteiger partial charge is 0.406 e. The third kappa shape index (κ3) is 9.23. The highest BCUT2D eigenvalue weighted by atomic mass is 19.4. The van der Waals surface area contributed by atoms with Crippen LogP contribution in [0.4, 0.5) is 18.9 Å². The fraction of sp³-hybridized carbons (Fsp3) is 0.609. The zero-order chi connectivity index (χ0) is 24.3. The standard InChI is InChI=1S/C21H30F3N5O2.C2H6/c1-17(26-18-2-4-19(5-3-18)31-21(22,23)24)20(16-25)29-10-8-27(9-11-29)6-7-28-12-14-30-15-13-28;1-2/h2-5,16H,6-15,25H2,1H3;1-2H3/b20-16+,26-17?;. The monoisotopic (exact) mass is 471 g/mol. The highest BCUT2D eigenvalue weighted by Gasteiger charge is 2.31. The van der Waals surface area contributed by atoms with Gasteiger partial charge in [0.05, 0.1) is 30.3 Å². The molecule has 2 aliphatic heterocycles. The third-order valence-electron chi connectivity index (χ3n) is 5.44. The molecule has 2 saturated heterocycles. The third-order valence-corrected chi connectivity index (χ3v) is 5.44. The zero-order valence-electron chi connectivity index (χ0n) is 19.8. The van der Waals surface area contributed by atoms with Crippen LogP contribution in [-0.2, 0) is 4.74 Å². The van der Waals surface area contributed by atoms with Gasteiger partial charge in [-0.3, -0.25) is 14.8 Å². The number of hydrogen-bond donors (Lipinski definition) is 1. The largest absolute Gasteiger partial charge is 0.573 e. The molecule has 3 rings (SSSR count). The average Bonchev–Trinajstić information content (AvgIpc) is 2.81. The fourth-order valence-electron chi connectivity index (χ4n) is 3.75. The molecule has 2 aliphatic rings. The number of nitrogens with zero attached hydrogens (tertiary/aromatic N) is 4. The van der Waals surface area contributed by atoms with Crippen LogP contribution in [0.15, 0.2) is 41.2 Å². The molecule has 0 aromatic heterocycles. The Balaban J connectivity index is 0.00000187. The summed E-state index contributed by atoms with van der Waals surface area (Å²) < 4.78 is 46.2. The minimum atomic E-state index is -4.71. The Hall–Kier alpha value is -2.30. The van der Waals surface area contributed by atoms with Crippen molar-refractivity contribution in [1.29, 1.82) is 0 Å². The van der Waals surface area contributed by atoms with E-state index in [0.29, 0.717) is 11.4 Å². The molecule has 0 atom stereocenters. The minimum Gasteiger partial charge on any atom is -0.406 e. The summed E-state index contributed by atoms with van der Waals surface area (Å²) in [6, 6.07) is 5.47. The maximum Gasteiger partial charge on any atom is 0.573 e. The Labute approximate surface area is 194 Å². The van der Waals surface area contributed by atoms with Gasteiger partial charge in [0.2, 0.25) is 0 Å². The summed E-state index contributed by atoms with van der Waals surface area (Å²) in [5.41, 5.74) is 7.97. The zero-order valence-corrected chi connectivity index (χ0v) is 19.8. The number of benzene rings is 1. The van der Waals surface area contributed by atoms with Gasteiger partial charge in [-0.05, 0) is 31.2 Å². The van der Waals surface area contributed by atoms with Crippen LogP contribution < -0.4 is 10.5 Å². The van der Waals surface area contributed by atoms with Gasteiger partial charge < -0.3 is 20.1 Å². The van der Waals surface area contributed by atoms with Crippen LogP contribution in [0.2, 0.25) is 0 Å². The predicted molar refractivity (Wildman–Crippen MR) is 125 cm³/mol. The first-order valence-corrected chi connectivity index (χ1v) is 11.4. The molecule has 0 saturated carbocycles. The van der Waals surface area contributed by atoms with E-state index in [-0.39, 0.29) is 5.75 Å². The minimum absolute atomic E-state index is 0.271. The van der Waals surface area contributed by atoms with Crippen molar-refractivity contribution < 1.29 is 22.6 Å². The first-order valence-electron chi connectivity index (χ1n) is 11.4. The Morgan fingerprint density at radius 2 is 1.55 bits per heavy atom. The molecule has 2 N–H and O–H groups in total. The van der Waals surface area contributed by atoms with E-state index in [0.717, 1.165) is 71.3 Å². The van der Waals surface area contributed by atoms with E-state index in [2.05, 4.69) is 24.4 Å². The molecule has 0 unspecified atom stereocenters. The lowest BCUT2D eigenvalue weighted by Gasteiger charge is -2.38. The van der Waals surface area contributed by atoms with Gasteiger partial charge in [0.25, 0.3) is 0 Å². The van der Waals surface area contributed by atoms with Crippen LogP contribution in [-0.4, -0.2) is 92.3 Å². The first-order chi connectivity index (χ1) is 15.8. The molecule has 1 aromatic rings. The normalized spacial score (nSPS) is 19.2. The van der Waals surface area contributed by atoms with Crippen LogP contribution >= 0.6 is 0 Å². The lowest BCUT2D eigenvalue weighted by Crippen LogP contribution is -2.49. The summed E-state index contributed by atoms with van der Waals surface area (Å²) in [5.74, 6) is -0.271. The second-order valence-electron chi connectivity index (χ2n) is 7.57. The van der Waals surface area contributed by atoms with Gasteiger partial charge in [-0.25, -0.2) is 0 Å². The van der Waals surface area contributed by atoms with Gasteiger partial charge in [0, 0.05) is 58.6 Å². The molecule has 0 spiro atoms. The van der Waals surface area contributed by atoms with E-state index in [1.165, 1.54) is 24.3 Å². The summed E-state index contributed by atoms with van der Waals surface area (Å²) in [5, 5.41) is 0. The number of morpholine rings is 1. The van der Waals surface area contributed by atoms with Gasteiger partial charge in [0.15, 0.2) is 0 Å². The number of alkyl halides is 3. The van der Waals surface area contributed by atoms with Crippen molar-refractivity contribution in [3.05, 3.63) is 36.2 Å². The van der Waals surface area contributed by atoms with E-state index in [1.807, 2.05) is 20.8 Å². The molecule has 10 heteroatoms. The molecule has 0 bridgehead atoms. The Kier molecular flexibility index (Phi) is 11.0. The highest BCUT2D eigenvalue weighted by molar-refractivity contribution is 5.99. The van der Waals surface area contributed by atoms with Crippen molar-refractivity contribution in [1.82, 2.24) is 14.7 Å². The fourth-order valence-corrected chi connectivity index (χ4v) is 3.75. The van der Waals surface area contributed by atoms with E-state index in [1.54, 1.807) is 6.20 Å². The number of rotatable bonds is 7. The number of aliphatic imine (C=N–C) groups is 1. The number of ether oxygens (including phenoxy) is 2. The van der Waals surface area contributed by atoms with Crippen molar-refractivity contribution >= 4 is 11.4 Å². The molecule has 0 radical (unpaired) electrons. The Morgan fingerprint density at radius 3 is 2.06 bits per heavy atom. The highest BCUT2D eigenvalue weighted by Crippen LogP contribution is 2.25. The van der Waals surface area contributed by atoms with Crippen molar-refractivity contribution in [2.75, 3.05) is 65.6 Å². The van der Waals surface area contributed by atoms with Crippen LogP contribution in [0, 0.1) is 0 Å². The molecule has 2 fully saturated rings. The summed E-state index contributed by atoms with van der Waals surface area (Å²) in [4.78, 5) is 11.6. The molecule has 2 heterocycles. The first kappa shape index (κ1) is 26.9. The molecule has 0 amide bonds. The van der Waals surface area contributed by atoms with Crippen molar-refractivity contribution in [3.8, 4) is 5.75 Å². The van der Waals surface area contributed by atoms with Gasteiger partial charge in [0.1, 0.15) is 5.75 Å². The number of nitrogens with two attached hydrogens (primary N) is 1. The molecule has 1 aromatic carbocycles. The lowest BCUT2D eigenvalue weighted by molar-refractivity contribution is -0.274. The Bertz CT molecular complexity index is 754. The van der Waals surface area contributed by atoms with Gasteiger partial charge in [-0.2, -0.15) is 0 Å². The number of piperazine rings is 1. The number of hydrogen-bond acceptors (Lipinski definition) is 7. The number of halogens is 3. The Morgan fingerprint density at radius 1 is 1.00 bits per heavy atom. The molecular weight excluding hydrogens is 435 g/mol.